The van der Waals surface area contributed by atoms with Crippen LogP contribution in [0.5, 0.6) is 0 Å². The van der Waals surface area contributed by atoms with Crippen molar-refractivity contribution in [1.82, 2.24) is 24.9 Å². The van der Waals surface area contributed by atoms with E-state index in [0.29, 0.717) is 10.2 Å². The zero-order valence-corrected chi connectivity index (χ0v) is 18.9. The third-order valence-electron chi connectivity index (χ3n) is 5.55. The first-order chi connectivity index (χ1) is 15.1. The maximum atomic E-state index is 6.69. The number of hydrogen-bond donors (Lipinski definition) is 3. The number of nitrogens with one attached hydrogen (secondary N) is 2. The predicted octanol–water partition coefficient (Wildman–Crippen LogP) is 3.85. The molecule has 8 nitrogen and oxygen atoms in total. The van der Waals surface area contributed by atoms with Crippen LogP contribution in [0.15, 0.2) is 34.6 Å². The van der Waals surface area contributed by atoms with E-state index in [4.69, 9.17) is 27.3 Å². The van der Waals surface area contributed by atoms with Crippen molar-refractivity contribution in [2.45, 2.75) is 35.9 Å². The fourth-order valence-corrected chi connectivity index (χ4v) is 5.11. The van der Waals surface area contributed by atoms with Crippen LogP contribution >= 0.6 is 23.4 Å². The molecule has 0 amide bonds. The zero-order valence-electron chi connectivity index (χ0n) is 17.3. The number of hydrogen-bond acceptors (Lipinski definition) is 8. The number of aryl methyl sites for hydroxylation is 1. The van der Waals surface area contributed by atoms with Gasteiger partial charge in [-0.3, -0.25) is 0 Å². The Morgan fingerprint density at radius 3 is 2.94 bits per heavy atom. The smallest absolute Gasteiger partial charge is 0.196 e. The van der Waals surface area contributed by atoms with Gasteiger partial charge in [0.05, 0.1) is 15.9 Å². The second kappa shape index (κ2) is 8.14. The summed E-state index contributed by atoms with van der Waals surface area (Å²) >= 11 is 8.19. The lowest BCUT2D eigenvalue weighted by atomic mass is 10.2. The van der Waals surface area contributed by atoms with E-state index in [1.165, 1.54) is 11.8 Å². The average Bonchev–Trinajstić information content (AvgIpc) is 3.35. The summed E-state index contributed by atoms with van der Waals surface area (Å²) in [7, 11) is 1.85. The number of anilines is 2. The van der Waals surface area contributed by atoms with Crippen LogP contribution in [-0.4, -0.2) is 51.1 Å². The molecule has 5 rings (SSSR count). The minimum absolute atomic E-state index is 0.144. The molecule has 0 bridgehead atoms. The molecule has 0 spiro atoms. The lowest BCUT2D eigenvalue weighted by molar-refractivity contribution is 0.751. The quantitative estimate of drug-likeness (QED) is 0.390. The van der Waals surface area contributed by atoms with E-state index in [0.717, 1.165) is 70.1 Å². The molecular weight excluding hydrogens is 432 g/mol. The normalized spacial score (nSPS) is 16.5. The Bertz CT molecular complexity index is 1270. The molecule has 1 saturated heterocycles. The number of rotatable bonds is 5. The molecular formula is C21H23ClN8S. The Balaban J connectivity index is 1.58. The summed E-state index contributed by atoms with van der Waals surface area (Å²) in [5.74, 6) is 1.65. The molecule has 160 valence electrons. The van der Waals surface area contributed by atoms with Gasteiger partial charge in [0.2, 0.25) is 0 Å². The van der Waals surface area contributed by atoms with Gasteiger partial charge >= 0.3 is 0 Å². The molecule has 4 aromatic rings. The largest absolute Gasteiger partial charge is 0.373 e. The van der Waals surface area contributed by atoms with Crippen molar-refractivity contribution >= 4 is 56.9 Å². The Morgan fingerprint density at radius 1 is 1.32 bits per heavy atom. The average molecular weight is 455 g/mol. The van der Waals surface area contributed by atoms with Crippen molar-refractivity contribution in [2.75, 3.05) is 30.4 Å². The van der Waals surface area contributed by atoms with Crippen LogP contribution < -0.4 is 16.0 Å². The highest BCUT2D eigenvalue weighted by Crippen LogP contribution is 2.38. The van der Waals surface area contributed by atoms with Crippen molar-refractivity contribution in [1.29, 1.82) is 0 Å². The number of halogens is 1. The molecule has 31 heavy (non-hydrogen) atoms. The summed E-state index contributed by atoms with van der Waals surface area (Å²) in [6, 6.07) is 6.23. The maximum absolute atomic E-state index is 6.69. The number of nitrogens with zero attached hydrogens (tertiary/aromatic N) is 5. The SMILES string of the molecule is CCc1[nH]c2nc(Sc3ccc4c(NC)ncnc4c3)nc(N3CCC(N)C3)c2c1Cl. The molecule has 1 aromatic carbocycles. The lowest BCUT2D eigenvalue weighted by Gasteiger charge is -2.18. The second-order valence-corrected chi connectivity index (χ2v) is 8.99. The molecule has 0 saturated carbocycles. The fraction of sp³-hybridized carbons (Fsp3) is 0.333. The van der Waals surface area contributed by atoms with Crippen molar-refractivity contribution in [3.8, 4) is 0 Å². The molecule has 10 heteroatoms. The number of nitrogens with two attached hydrogens (primary N) is 1. The molecule has 3 aromatic heterocycles. The van der Waals surface area contributed by atoms with Gasteiger partial charge in [-0.05, 0) is 42.8 Å². The van der Waals surface area contributed by atoms with Gasteiger partial charge in [0.25, 0.3) is 0 Å². The minimum atomic E-state index is 0.144. The van der Waals surface area contributed by atoms with Gasteiger partial charge in [-0.15, -0.1) is 0 Å². The number of benzene rings is 1. The first kappa shape index (κ1) is 20.3. The fourth-order valence-electron chi connectivity index (χ4n) is 3.97. The van der Waals surface area contributed by atoms with Crippen LogP contribution in [0.3, 0.4) is 0 Å². The van der Waals surface area contributed by atoms with E-state index in [1.807, 2.05) is 25.2 Å². The molecule has 1 atom stereocenters. The van der Waals surface area contributed by atoms with Crippen LogP contribution in [0.1, 0.15) is 19.0 Å². The van der Waals surface area contributed by atoms with E-state index in [9.17, 15) is 0 Å². The predicted molar refractivity (Wildman–Crippen MR) is 126 cm³/mol. The molecule has 0 radical (unpaired) electrons. The molecule has 0 aliphatic carbocycles. The number of H-pyrrole nitrogens is 1. The summed E-state index contributed by atoms with van der Waals surface area (Å²) in [6.07, 6.45) is 3.30. The first-order valence-corrected chi connectivity index (χ1v) is 11.5. The van der Waals surface area contributed by atoms with Gasteiger partial charge in [0.1, 0.15) is 23.6 Å². The highest BCUT2D eigenvalue weighted by atomic mass is 35.5. The Morgan fingerprint density at radius 2 is 2.19 bits per heavy atom. The van der Waals surface area contributed by atoms with Crippen molar-refractivity contribution in [2.24, 2.45) is 5.73 Å². The van der Waals surface area contributed by atoms with Gasteiger partial charge in [-0.1, -0.05) is 18.5 Å². The second-order valence-electron chi connectivity index (χ2n) is 7.57. The zero-order chi connectivity index (χ0) is 21.5. The standard InChI is InChI=1S/C21H23ClN8S/c1-3-14-17(22)16-19(27-14)28-21(29-20(16)30-7-6-11(23)9-30)31-12-4-5-13-15(8-12)25-10-26-18(13)24-2/h4-5,8,10-11H,3,6-7,9,23H2,1-2H3,(H,24,25,26)(H,27,28,29). The van der Waals surface area contributed by atoms with Crippen LogP contribution in [0.4, 0.5) is 11.6 Å². The van der Waals surface area contributed by atoms with Crippen LogP contribution in [0.2, 0.25) is 5.02 Å². The molecule has 4 N–H and O–H groups in total. The topological polar surface area (TPSA) is 109 Å². The molecule has 4 heterocycles. The van der Waals surface area contributed by atoms with Gasteiger partial charge in [-0.25, -0.2) is 19.9 Å². The van der Waals surface area contributed by atoms with Crippen molar-refractivity contribution in [3.05, 3.63) is 35.2 Å². The van der Waals surface area contributed by atoms with Crippen LogP contribution in [0, 0.1) is 0 Å². The van der Waals surface area contributed by atoms with E-state index in [1.54, 1.807) is 6.33 Å². The third kappa shape index (κ3) is 3.66. The highest BCUT2D eigenvalue weighted by Gasteiger charge is 2.26. The Labute approximate surface area is 189 Å². The number of fused-ring (bicyclic) bond motifs is 2. The molecule has 1 unspecified atom stereocenters. The lowest BCUT2D eigenvalue weighted by Crippen LogP contribution is -2.27. The summed E-state index contributed by atoms with van der Waals surface area (Å²) in [5.41, 5.74) is 8.77. The maximum Gasteiger partial charge on any atom is 0.196 e. The van der Waals surface area contributed by atoms with Crippen molar-refractivity contribution < 1.29 is 0 Å². The van der Waals surface area contributed by atoms with Crippen molar-refractivity contribution in [3.63, 3.8) is 0 Å². The number of aromatic nitrogens is 5. The van der Waals surface area contributed by atoms with Gasteiger partial charge in [-0.2, -0.15) is 0 Å². The van der Waals surface area contributed by atoms with E-state index in [2.05, 4.69) is 32.1 Å². The van der Waals surface area contributed by atoms with E-state index < -0.39 is 0 Å². The highest BCUT2D eigenvalue weighted by molar-refractivity contribution is 7.99. The van der Waals surface area contributed by atoms with Crippen LogP contribution in [0.25, 0.3) is 21.9 Å². The van der Waals surface area contributed by atoms with E-state index in [-0.39, 0.29) is 6.04 Å². The van der Waals surface area contributed by atoms with Crippen LogP contribution in [-0.2, 0) is 6.42 Å². The third-order valence-corrected chi connectivity index (χ3v) is 6.83. The summed E-state index contributed by atoms with van der Waals surface area (Å²) in [5, 5.41) is 6.31. The molecule has 1 fully saturated rings. The minimum Gasteiger partial charge on any atom is -0.373 e. The van der Waals surface area contributed by atoms with Gasteiger partial charge < -0.3 is 20.9 Å². The number of aromatic amines is 1. The molecule has 1 aliphatic heterocycles. The summed E-state index contributed by atoms with van der Waals surface area (Å²) in [4.78, 5) is 24.9. The Kier molecular flexibility index (Phi) is 5.33. The van der Waals surface area contributed by atoms with E-state index >= 15 is 0 Å². The first-order valence-electron chi connectivity index (χ1n) is 10.3. The van der Waals surface area contributed by atoms with Gasteiger partial charge in [0, 0.05) is 42.2 Å². The summed E-state index contributed by atoms with van der Waals surface area (Å²) < 4.78 is 0. The molecule has 1 aliphatic rings. The summed E-state index contributed by atoms with van der Waals surface area (Å²) in [6.45, 7) is 3.69. The Hall–Kier alpha value is -2.62. The monoisotopic (exact) mass is 454 g/mol. The van der Waals surface area contributed by atoms with Gasteiger partial charge in [0.15, 0.2) is 5.16 Å².